The summed E-state index contributed by atoms with van der Waals surface area (Å²) in [5.74, 6) is 1.72. The Balaban J connectivity index is 1.77. The lowest BCUT2D eigenvalue weighted by Gasteiger charge is -2.28. The third-order valence-corrected chi connectivity index (χ3v) is 6.42. The molecule has 1 aromatic heterocycles. The van der Waals surface area contributed by atoms with Crippen LogP contribution >= 0.6 is 11.8 Å². The second-order valence-electron chi connectivity index (χ2n) is 7.21. The number of ether oxygens (including phenoxy) is 2. The maximum Gasteiger partial charge on any atom is 0.279 e. The van der Waals surface area contributed by atoms with Crippen molar-refractivity contribution in [2.24, 2.45) is 7.05 Å². The quantitative estimate of drug-likeness (QED) is 0.469. The van der Waals surface area contributed by atoms with Crippen molar-refractivity contribution >= 4 is 23.5 Å². The van der Waals surface area contributed by atoms with E-state index in [1.807, 2.05) is 43.4 Å². The molecule has 0 saturated heterocycles. The number of methoxy groups -OCH3 is 2. The van der Waals surface area contributed by atoms with Crippen LogP contribution in [-0.2, 0) is 17.6 Å². The van der Waals surface area contributed by atoms with E-state index in [2.05, 4.69) is 10.3 Å². The Morgan fingerprint density at radius 2 is 1.90 bits per heavy atom. The summed E-state index contributed by atoms with van der Waals surface area (Å²) in [6.45, 7) is 0. The fourth-order valence-electron chi connectivity index (χ4n) is 3.76. The summed E-state index contributed by atoms with van der Waals surface area (Å²) in [6, 6.07) is 15.3. The molecule has 1 N–H and O–H groups in total. The molecule has 0 unspecified atom stereocenters. The van der Waals surface area contributed by atoms with E-state index in [9.17, 15) is 9.59 Å². The van der Waals surface area contributed by atoms with Crippen LogP contribution in [0, 0.1) is 0 Å². The lowest BCUT2D eigenvalue weighted by Crippen LogP contribution is -2.33. The normalized spacial score (nSPS) is 15.2. The van der Waals surface area contributed by atoms with Crippen molar-refractivity contribution in [1.29, 1.82) is 0 Å². The van der Waals surface area contributed by atoms with E-state index in [0.717, 1.165) is 11.1 Å². The fraction of sp³-hybridized carbons (Fsp3) is 0.261. The standard InChI is InChI=1S/C23H23N3O4S/c1-26-21-20(22(28)25-23(26)31-13-14-7-5-4-6-8-14)17(12-19(27)24-21)16-11-15(29-2)9-10-18(16)30-3/h4-11,17H,12-13H2,1-3H3,(H,24,27)/t17-/m0/s1. The van der Waals surface area contributed by atoms with Crippen LogP contribution < -0.4 is 20.3 Å². The molecule has 3 aromatic rings. The minimum Gasteiger partial charge on any atom is -0.497 e. The number of rotatable bonds is 6. The lowest BCUT2D eigenvalue weighted by molar-refractivity contribution is -0.116. The molecule has 8 heteroatoms. The van der Waals surface area contributed by atoms with Gasteiger partial charge in [0.05, 0.1) is 19.8 Å². The van der Waals surface area contributed by atoms with Gasteiger partial charge in [-0.15, -0.1) is 0 Å². The molecular weight excluding hydrogens is 414 g/mol. The number of hydrogen-bond acceptors (Lipinski definition) is 6. The van der Waals surface area contributed by atoms with Crippen LogP contribution in [0.1, 0.15) is 29.0 Å². The molecule has 7 nitrogen and oxygen atoms in total. The van der Waals surface area contributed by atoms with E-state index in [1.54, 1.807) is 30.9 Å². The molecule has 160 valence electrons. The largest absolute Gasteiger partial charge is 0.497 e. The van der Waals surface area contributed by atoms with Crippen molar-refractivity contribution < 1.29 is 14.3 Å². The number of anilines is 1. The molecule has 1 atom stereocenters. The summed E-state index contributed by atoms with van der Waals surface area (Å²) in [5, 5.41) is 3.42. The third-order valence-electron chi connectivity index (χ3n) is 5.32. The van der Waals surface area contributed by atoms with Crippen LogP contribution in [0.5, 0.6) is 11.5 Å². The number of fused-ring (bicyclic) bond motifs is 1. The van der Waals surface area contributed by atoms with Crippen molar-refractivity contribution in [2.75, 3.05) is 19.5 Å². The molecule has 2 aromatic carbocycles. The molecule has 0 radical (unpaired) electrons. The highest BCUT2D eigenvalue weighted by Crippen LogP contribution is 2.41. The average Bonchev–Trinajstić information content (AvgIpc) is 2.80. The Kier molecular flexibility index (Phi) is 5.99. The molecule has 0 saturated carbocycles. The van der Waals surface area contributed by atoms with E-state index >= 15 is 0 Å². The zero-order valence-electron chi connectivity index (χ0n) is 17.5. The third kappa shape index (κ3) is 4.16. The number of amides is 1. The highest BCUT2D eigenvalue weighted by atomic mass is 32.2. The first-order valence-electron chi connectivity index (χ1n) is 9.81. The minimum absolute atomic E-state index is 0.129. The van der Waals surface area contributed by atoms with Crippen LogP contribution in [0.4, 0.5) is 5.82 Å². The number of thioether (sulfide) groups is 1. The first-order valence-corrected chi connectivity index (χ1v) is 10.8. The highest BCUT2D eigenvalue weighted by molar-refractivity contribution is 7.98. The Morgan fingerprint density at radius 3 is 2.61 bits per heavy atom. The molecule has 2 heterocycles. The molecule has 0 spiro atoms. The van der Waals surface area contributed by atoms with Gasteiger partial charge in [-0.25, -0.2) is 0 Å². The maximum atomic E-state index is 13.1. The van der Waals surface area contributed by atoms with Crippen LogP contribution in [0.15, 0.2) is 58.5 Å². The van der Waals surface area contributed by atoms with Crippen LogP contribution in [0.25, 0.3) is 0 Å². The predicted octanol–water partition coefficient (Wildman–Crippen LogP) is 3.56. The van der Waals surface area contributed by atoms with Crippen molar-refractivity contribution in [3.8, 4) is 11.5 Å². The number of carbonyl (C=O) groups excluding carboxylic acids is 1. The number of carbonyl (C=O) groups is 1. The topological polar surface area (TPSA) is 82.4 Å². The number of benzene rings is 2. The summed E-state index contributed by atoms with van der Waals surface area (Å²) in [4.78, 5) is 30.1. The van der Waals surface area contributed by atoms with Gasteiger partial charge < -0.3 is 19.4 Å². The molecule has 0 bridgehead atoms. The van der Waals surface area contributed by atoms with E-state index in [0.29, 0.717) is 33.8 Å². The van der Waals surface area contributed by atoms with Crippen LogP contribution in [0.3, 0.4) is 0 Å². The number of aromatic nitrogens is 2. The highest BCUT2D eigenvalue weighted by Gasteiger charge is 2.34. The summed E-state index contributed by atoms with van der Waals surface area (Å²) < 4.78 is 12.6. The van der Waals surface area contributed by atoms with Gasteiger partial charge in [-0.3, -0.25) is 9.59 Å². The number of nitrogens with one attached hydrogen (secondary N) is 1. The fourth-order valence-corrected chi connectivity index (χ4v) is 4.68. The van der Waals surface area contributed by atoms with Gasteiger partial charge in [0.15, 0.2) is 5.16 Å². The van der Waals surface area contributed by atoms with E-state index in [-0.39, 0.29) is 17.9 Å². The second kappa shape index (κ2) is 8.85. The molecule has 0 fully saturated rings. The van der Waals surface area contributed by atoms with Crippen molar-refractivity contribution in [3.63, 3.8) is 0 Å². The van der Waals surface area contributed by atoms with Gasteiger partial charge in [-0.1, -0.05) is 42.1 Å². The van der Waals surface area contributed by atoms with E-state index in [1.165, 1.54) is 11.8 Å². The molecule has 1 aliphatic rings. The average molecular weight is 438 g/mol. The summed E-state index contributed by atoms with van der Waals surface area (Å²) in [7, 11) is 4.95. The summed E-state index contributed by atoms with van der Waals surface area (Å²) in [5.41, 5.74) is 1.96. The Bertz CT molecular complexity index is 1180. The first-order chi connectivity index (χ1) is 15.0. The van der Waals surface area contributed by atoms with Gasteiger partial charge in [-0.2, -0.15) is 4.98 Å². The maximum absolute atomic E-state index is 13.1. The SMILES string of the molecule is COc1ccc(OC)c([C@@H]2CC(=O)Nc3c2c(=O)nc(SCc2ccccc2)n3C)c1. The molecule has 1 aliphatic heterocycles. The Labute approximate surface area is 184 Å². The molecule has 31 heavy (non-hydrogen) atoms. The first kappa shape index (κ1) is 21.0. The van der Waals surface area contributed by atoms with Gasteiger partial charge in [0, 0.05) is 30.7 Å². The molecular formula is C23H23N3O4S. The van der Waals surface area contributed by atoms with Crippen molar-refractivity contribution in [1.82, 2.24) is 9.55 Å². The van der Waals surface area contributed by atoms with Gasteiger partial charge in [0.1, 0.15) is 17.3 Å². The van der Waals surface area contributed by atoms with Crippen molar-refractivity contribution in [3.05, 3.63) is 75.6 Å². The van der Waals surface area contributed by atoms with E-state index < -0.39 is 5.92 Å². The smallest absolute Gasteiger partial charge is 0.279 e. The summed E-state index contributed by atoms with van der Waals surface area (Å²) >= 11 is 1.45. The molecule has 4 rings (SSSR count). The molecule has 1 amide bonds. The van der Waals surface area contributed by atoms with Crippen molar-refractivity contribution in [2.45, 2.75) is 23.2 Å². The zero-order valence-corrected chi connectivity index (χ0v) is 18.4. The van der Waals surface area contributed by atoms with Gasteiger partial charge in [0.2, 0.25) is 5.91 Å². The van der Waals surface area contributed by atoms with Gasteiger partial charge in [0.25, 0.3) is 5.56 Å². The summed E-state index contributed by atoms with van der Waals surface area (Å²) in [6.07, 6.45) is 0.129. The lowest BCUT2D eigenvalue weighted by atomic mass is 9.86. The molecule has 0 aliphatic carbocycles. The minimum atomic E-state index is -0.479. The Hall–Kier alpha value is -3.26. The van der Waals surface area contributed by atoms with Crippen LogP contribution in [0.2, 0.25) is 0 Å². The van der Waals surface area contributed by atoms with Crippen LogP contribution in [-0.4, -0.2) is 29.7 Å². The van der Waals surface area contributed by atoms with E-state index in [4.69, 9.17) is 9.47 Å². The number of nitrogens with zero attached hydrogens (tertiary/aromatic N) is 2. The monoisotopic (exact) mass is 437 g/mol. The predicted molar refractivity (Wildman–Crippen MR) is 120 cm³/mol. The Morgan fingerprint density at radius 1 is 1.13 bits per heavy atom. The zero-order chi connectivity index (χ0) is 22.0. The second-order valence-corrected chi connectivity index (χ2v) is 8.15. The van der Waals surface area contributed by atoms with Gasteiger partial charge in [-0.05, 0) is 23.8 Å². The van der Waals surface area contributed by atoms with Gasteiger partial charge >= 0.3 is 0 Å². The number of hydrogen-bond donors (Lipinski definition) is 1.